The van der Waals surface area contributed by atoms with Gasteiger partial charge in [0.15, 0.2) is 6.10 Å². The molecule has 10 heteroatoms. The van der Waals surface area contributed by atoms with Gasteiger partial charge in [-0.3, -0.25) is 4.79 Å². The van der Waals surface area contributed by atoms with Crippen molar-refractivity contribution in [3.05, 3.63) is 65.7 Å². The number of methoxy groups -OCH3 is 1. The zero-order chi connectivity index (χ0) is 29.5. The first-order valence-electron chi connectivity index (χ1n) is 14.2. The molecule has 0 bridgehead atoms. The van der Waals surface area contributed by atoms with E-state index in [4.69, 9.17) is 23.7 Å². The van der Waals surface area contributed by atoms with Crippen molar-refractivity contribution in [3.8, 4) is 5.75 Å². The minimum Gasteiger partial charge on any atom is -0.497 e. The summed E-state index contributed by atoms with van der Waals surface area (Å²) in [5.41, 5.74) is 1.51. The Morgan fingerprint density at radius 2 is 1.59 bits per heavy atom. The first kappa shape index (κ1) is 32.3. The summed E-state index contributed by atoms with van der Waals surface area (Å²) in [4.78, 5) is 28.4. The van der Waals surface area contributed by atoms with E-state index in [1.165, 1.54) is 0 Å². The van der Waals surface area contributed by atoms with Crippen LogP contribution in [0.3, 0.4) is 0 Å². The summed E-state index contributed by atoms with van der Waals surface area (Å²) in [5.74, 6) is 0.244. The van der Waals surface area contributed by atoms with Crippen LogP contribution in [0.2, 0.25) is 0 Å². The van der Waals surface area contributed by atoms with Gasteiger partial charge in [-0.2, -0.15) is 0 Å². The number of carbonyl (C=O) groups excluding carboxylic acids is 2. The number of hydrogen-bond acceptors (Lipinski definition) is 8. The Bertz CT molecular complexity index is 1020. The lowest BCUT2D eigenvalue weighted by Crippen LogP contribution is -2.50. The molecule has 0 radical (unpaired) electrons. The molecule has 1 heterocycles. The number of nitrogens with one attached hydrogen (secondary N) is 1. The van der Waals surface area contributed by atoms with Gasteiger partial charge in [0.2, 0.25) is 0 Å². The van der Waals surface area contributed by atoms with Crippen LogP contribution < -0.4 is 10.1 Å². The summed E-state index contributed by atoms with van der Waals surface area (Å²) in [6.45, 7) is 6.63. The van der Waals surface area contributed by atoms with Crippen LogP contribution in [0.25, 0.3) is 0 Å². The second-order valence-corrected chi connectivity index (χ2v) is 10.5. The molecule has 0 aromatic heterocycles. The highest BCUT2D eigenvalue weighted by atomic mass is 16.6. The molecule has 2 aromatic rings. The summed E-state index contributed by atoms with van der Waals surface area (Å²) < 4.78 is 27.4. The number of ether oxygens (including phenoxy) is 5. The van der Waals surface area contributed by atoms with Gasteiger partial charge >= 0.3 is 6.09 Å². The molecule has 1 aliphatic rings. The van der Waals surface area contributed by atoms with Crippen molar-refractivity contribution in [2.24, 2.45) is 11.8 Å². The smallest absolute Gasteiger partial charge is 0.407 e. The summed E-state index contributed by atoms with van der Waals surface area (Å²) >= 11 is 0. The van der Waals surface area contributed by atoms with Crippen molar-refractivity contribution >= 4 is 12.0 Å². The lowest BCUT2D eigenvalue weighted by atomic mass is 9.93. The van der Waals surface area contributed by atoms with Gasteiger partial charge in [0, 0.05) is 37.2 Å². The van der Waals surface area contributed by atoms with E-state index in [-0.39, 0.29) is 38.2 Å². The molecule has 2 atom stereocenters. The normalized spacial score (nSPS) is 16.4. The molecule has 1 saturated heterocycles. The van der Waals surface area contributed by atoms with Crippen LogP contribution in [0.5, 0.6) is 5.75 Å². The maximum Gasteiger partial charge on any atom is 0.407 e. The van der Waals surface area contributed by atoms with Crippen LogP contribution in [-0.4, -0.2) is 101 Å². The van der Waals surface area contributed by atoms with Crippen LogP contribution in [0.15, 0.2) is 54.6 Å². The Hall–Kier alpha value is -3.18. The number of hydrogen-bond donors (Lipinski definition) is 2. The largest absolute Gasteiger partial charge is 0.497 e. The van der Waals surface area contributed by atoms with E-state index in [0.717, 1.165) is 5.56 Å². The third kappa shape index (κ3) is 11.3. The Morgan fingerprint density at radius 3 is 2.17 bits per heavy atom. The fraction of sp³-hybridized carbons (Fsp3) is 0.548. The average Bonchev–Trinajstić information content (AvgIpc) is 2.98. The maximum atomic E-state index is 13.6. The third-order valence-corrected chi connectivity index (χ3v) is 6.70. The van der Waals surface area contributed by atoms with E-state index in [1.807, 2.05) is 44.2 Å². The predicted octanol–water partition coefficient (Wildman–Crippen LogP) is 3.17. The zero-order valence-corrected chi connectivity index (χ0v) is 24.3. The quantitative estimate of drug-likeness (QED) is 0.399. The average molecular weight is 573 g/mol. The van der Waals surface area contributed by atoms with E-state index >= 15 is 0 Å². The molecule has 226 valence electrons. The highest BCUT2D eigenvalue weighted by molar-refractivity contribution is 5.94. The monoisotopic (exact) mass is 572 g/mol. The second kappa shape index (κ2) is 17.6. The lowest BCUT2D eigenvalue weighted by Gasteiger charge is -2.33. The van der Waals surface area contributed by atoms with Crippen molar-refractivity contribution in [2.45, 2.75) is 32.4 Å². The van der Waals surface area contributed by atoms with Gasteiger partial charge in [-0.1, -0.05) is 44.2 Å². The number of aliphatic hydroxyl groups excluding tert-OH is 1. The Labute approximate surface area is 242 Å². The molecular formula is C31H44N2O8. The molecule has 10 nitrogen and oxygen atoms in total. The van der Waals surface area contributed by atoms with Gasteiger partial charge < -0.3 is 39.0 Å². The van der Waals surface area contributed by atoms with Crippen molar-refractivity contribution in [3.63, 3.8) is 0 Å². The molecular weight excluding hydrogens is 528 g/mol. The molecule has 0 saturated carbocycles. The molecule has 2 unspecified atom stereocenters. The molecule has 2 amide bonds. The molecule has 41 heavy (non-hydrogen) atoms. The number of aliphatic hydroxyl groups is 1. The number of benzene rings is 2. The molecule has 2 N–H and O–H groups in total. The first-order valence-corrected chi connectivity index (χ1v) is 14.2. The number of amides is 2. The fourth-order valence-corrected chi connectivity index (χ4v) is 4.62. The summed E-state index contributed by atoms with van der Waals surface area (Å²) in [5, 5.41) is 13.5. The minimum absolute atomic E-state index is 0.152. The summed E-state index contributed by atoms with van der Waals surface area (Å²) in [7, 11) is 1.58. The molecule has 3 rings (SSSR count). The highest BCUT2D eigenvalue weighted by Gasteiger charge is 2.29. The summed E-state index contributed by atoms with van der Waals surface area (Å²) in [6.07, 6.45) is -0.776. The lowest BCUT2D eigenvalue weighted by molar-refractivity contribution is -0.0672. The van der Waals surface area contributed by atoms with Gasteiger partial charge in [0.05, 0.1) is 46.8 Å². The van der Waals surface area contributed by atoms with Gasteiger partial charge in [0.1, 0.15) is 5.75 Å². The van der Waals surface area contributed by atoms with E-state index in [1.54, 1.807) is 36.3 Å². The molecule has 0 aliphatic carbocycles. The van der Waals surface area contributed by atoms with Crippen LogP contribution in [0.4, 0.5) is 4.79 Å². The topological polar surface area (TPSA) is 116 Å². The van der Waals surface area contributed by atoms with Crippen molar-refractivity contribution in [2.75, 3.05) is 66.4 Å². The second-order valence-electron chi connectivity index (χ2n) is 10.5. The Balaban J connectivity index is 1.76. The fourth-order valence-electron chi connectivity index (χ4n) is 4.62. The standard InChI is InChI=1S/C31H44N2O8/c1-23(2)18-33(30(35)25-9-11-27(37-3)12-10-25)19-26(20-34)29(17-24-7-5-4-6-8-24)32-31(36)41-28-21-39-15-13-38-14-16-40-22-28/h4-12,23,26,28-29,34H,13-22H2,1-3H3,(H,32,36). The Kier molecular flexibility index (Phi) is 13.9. The SMILES string of the molecule is COc1ccc(C(=O)N(CC(C)C)CC(CO)C(Cc2ccccc2)NC(=O)OC2COCCOCCOC2)cc1. The maximum absolute atomic E-state index is 13.6. The number of alkyl carbamates (subject to hydrolysis) is 1. The van der Waals surface area contributed by atoms with Crippen molar-refractivity contribution < 1.29 is 38.4 Å². The number of rotatable bonds is 12. The van der Waals surface area contributed by atoms with Crippen molar-refractivity contribution in [1.29, 1.82) is 0 Å². The van der Waals surface area contributed by atoms with E-state index < -0.39 is 24.2 Å². The van der Waals surface area contributed by atoms with Gasteiger partial charge in [-0.15, -0.1) is 0 Å². The van der Waals surface area contributed by atoms with E-state index in [2.05, 4.69) is 5.32 Å². The zero-order valence-electron chi connectivity index (χ0n) is 24.3. The summed E-state index contributed by atoms with van der Waals surface area (Å²) in [6, 6.07) is 16.2. The van der Waals surface area contributed by atoms with Gasteiger partial charge in [0.25, 0.3) is 5.91 Å². The highest BCUT2D eigenvalue weighted by Crippen LogP contribution is 2.18. The van der Waals surface area contributed by atoms with E-state index in [0.29, 0.717) is 50.7 Å². The van der Waals surface area contributed by atoms with Gasteiger partial charge in [-0.05, 0) is 42.2 Å². The molecule has 1 aliphatic heterocycles. The number of nitrogens with zero attached hydrogens (tertiary/aromatic N) is 1. The third-order valence-electron chi connectivity index (χ3n) is 6.70. The Morgan fingerprint density at radius 1 is 0.951 bits per heavy atom. The minimum atomic E-state index is -0.633. The van der Waals surface area contributed by atoms with Crippen LogP contribution in [0.1, 0.15) is 29.8 Å². The van der Waals surface area contributed by atoms with Crippen LogP contribution in [0, 0.1) is 11.8 Å². The van der Waals surface area contributed by atoms with Crippen LogP contribution >= 0.6 is 0 Å². The first-order chi connectivity index (χ1) is 19.9. The van der Waals surface area contributed by atoms with E-state index in [9.17, 15) is 14.7 Å². The van der Waals surface area contributed by atoms with Gasteiger partial charge in [-0.25, -0.2) is 4.79 Å². The molecule has 0 spiro atoms. The van der Waals surface area contributed by atoms with Crippen LogP contribution in [-0.2, 0) is 25.4 Å². The molecule has 2 aromatic carbocycles. The van der Waals surface area contributed by atoms with Crippen molar-refractivity contribution in [1.82, 2.24) is 10.2 Å². The molecule has 1 fully saturated rings. The number of carbonyl (C=O) groups is 2. The predicted molar refractivity (Wildman–Crippen MR) is 154 cm³/mol.